The van der Waals surface area contributed by atoms with Crippen molar-refractivity contribution in [3.05, 3.63) is 30.3 Å². The molecule has 116 valence electrons. The largest absolute Gasteiger partial charge is 0.371 e. The third kappa shape index (κ3) is 3.05. The van der Waals surface area contributed by atoms with Crippen LogP contribution in [-0.2, 0) is 0 Å². The van der Waals surface area contributed by atoms with Crippen LogP contribution in [0.3, 0.4) is 0 Å². The second kappa shape index (κ2) is 5.34. The lowest BCUT2D eigenvalue weighted by atomic mass is 9.87. The van der Waals surface area contributed by atoms with E-state index in [0.29, 0.717) is 18.9 Å². The quantitative estimate of drug-likeness (QED) is 0.926. The van der Waals surface area contributed by atoms with Crippen molar-refractivity contribution in [2.45, 2.75) is 52.3 Å². The summed E-state index contributed by atoms with van der Waals surface area (Å²) in [6.45, 7) is 10.6. The van der Waals surface area contributed by atoms with Crippen molar-refractivity contribution in [2.75, 3.05) is 11.4 Å². The number of para-hydroxylation sites is 1. The molecule has 1 atom stereocenters. The van der Waals surface area contributed by atoms with Crippen molar-refractivity contribution < 1.29 is 9.90 Å². The van der Waals surface area contributed by atoms with Gasteiger partial charge in [-0.05, 0) is 38.8 Å². The van der Waals surface area contributed by atoms with Gasteiger partial charge in [0.2, 0.25) is 0 Å². The van der Waals surface area contributed by atoms with E-state index in [4.69, 9.17) is 0 Å². The highest BCUT2D eigenvalue weighted by molar-refractivity contribution is 5.94. The topological polar surface area (TPSA) is 43.8 Å². The van der Waals surface area contributed by atoms with Gasteiger partial charge in [-0.15, -0.1) is 0 Å². The number of amides is 2. The summed E-state index contributed by atoms with van der Waals surface area (Å²) < 4.78 is 0. The Morgan fingerprint density at radius 2 is 1.76 bits per heavy atom. The third-order valence-corrected chi connectivity index (χ3v) is 3.96. The highest BCUT2D eigenvalue weighted by atomic mass is 16.3. The molecule has 21 heavy (non-hydrogen) atoms. The molecule has 1 unspecified atom stereocenters. The average Bonchev–Trinajstić information content (AvgIpc) is 2.34. The lowest BCUT2D eigenvalue weighted by molar-refractivity contribution is -0.0280. The summed E-state index contributed by atoms with van der Waals surface area (Å²) in [6.07, 6.45) is 0.507. The molecule has 1 aliphatic heterocycles. The van der Waals surface area contributed by atoms with E-state index in [9.17, 15) is 9.90 Å². The van der Waals surface area contributed by atoms with E-state index in [0.717, 1.165) is 5.69 Å². The van der Waals surface area contributed by atoms with Gasteiger partial charge in [0.05, 0.1) is 0 Å². The van der Waals surface area contributed by atoms with E-state index < -0.39 is 5.72 Å². The maximum atomic E-state index is 13.0. The molecule has 0 aliphatic carbocycles. The van der Waals surface area contributed by atoms with Crippen molar-refractivity contribution >= 4 is 11.7 Å². The number of benzene rings is 1. The molecule has 0 bridgehead atoms. The highest BCUT2D eigenvalue weighted by Gasteiger charge is 2.50. The Bertz CT molecular complexity index is 509. The summed E-state index contributed by atoms with van der Waals surface area (Å²) in [5, 5.41) is 10.8. The minimum atomic E-state index is -1.19. The first-order chi connectivity index (χ1) is 9.65. The summed E-state index contributed by atoms with van der Waals surface area (Å²) in [5.74, 6) is 0.383. The minimum absolute atomic E-state index is 0.129. The van der Waals surface area contributed by atoms with E-state index in [1.54, 1.807) is 6.92 Å². The summed E-state index contributed by atoms with van der Waals surface area (Å²) in [6, 6.07) is 9.26. The van der Waals surface area contributed by atoms with E-state index in [-0.39, 0.29) is 11.6 Å². The Kier molecular flexibility index (Phi) is 4.02. The lowest BCUT2D eigenvalue weighted by Gasteiger charge is -2.54. The molecule has 2 amide bonds. The Morgan fingerprint density at radius 1 is 1.19 bits per heavy atom. The third-order valence-electron chi connectivity index (χ3n) is 3.96. The van der Waals surface area contributed by atoms with Crippen LogP contribution in [0.2, 0.25) is 0 Å². The zero-order valence-corrected chi connectivity index (χ0v) is 13.6. The molecular formula is C17H26N2O2. The van der Waals surface area contributed by atoms with Crippen molar-refractivity contribution in [1.29, 1.82) is 0 Å². The first kappa shape index (κ1) is 15.8. The fourth-order valence-electron chi connectivity index (χ4n) is 3.24. The molecule has 1 heterocycles. The lowest BCUT2D eigenvalue weighted by Crippen LogP contribution is -2.68. The van der Waals surface area contributed by atoms with Crippen LogP contribution in [0.1, 0.15) is 41.0 Å². The monoisotopic (exact) mass is 290 g/mol. The van der Waals surface area contributed by atoms with Crippen LogP contribution in [0.5, 0.6) is 0 Å². The van der Waals surface area contributed by atoms with E-state index in [2.05, 4.69) is 13.8 Å². The number of hydrogen-bond donors (Lipinski definition) is 1. The van der Waals surface area contributed by atoms with Crippen molar-refractivity contribution in [2.24, 2.45) is 5.92 Å². The van der Waals surface area contributed by atoms with Crippen LogP contribution in [0.15, 0.2) is 30.3 Å². The van der Waals surface area contributed by atoms with Crippen molar-refractivity contribution in [3.8, 4) is 0 Å². The molecule has 1 aromatic carbocycles. The standard InChI is InChI=1S/C17H26N2O2/c1-13(2)11-18-15(20)19(14-9-7-6-8-10-14)17(5,21)12-16(18,3)4/h6-10,13,21H,11-12H2,1-5H3. The van der Waals surface area contributed by atoms with Gasteiger partial charge < -0.3 is 10.0 Å². The molecule has 4 heteroatoms. The molecule has 1 fully saturated rings. The predicted molar refractivity (Wildman–Crippen MR) is 85.2 cm³/mol. The minimum Gasteiger partial charge on any atom is -0.371 e. The highest BCUT2D eigenvalue weighted by Crippen LogP contribution is 2.38. The second-order valence-electron chi connectivity index (χ2n) is 7.16. The molecule has 2 rings (SSSR count). The first-order valence-corrected chi connectivity index (χ1v) is 7.54. The molecule has 0 aromatic heterocycles. The Labute approximate surface area is 127 Å². The van der Waals surface area contributed by atoms with Crippen molar-refractivity contribution in [1.82, 2.24) is 4.90 Å². The molecule has 0 spiro atoms. The van der Waals surface area contributed by atoms with Gasteiger partial charge in [0.25, 0.3) is 0 Å². The summed E-state index contributed by atoms with van der Waals surface area (Å²) in [4.78, 5) is 16.4. The Morgan fingerprint density at radius 3 is 2.29 bits per heavy atom. The van der Waals surface area contributed by atoms with E-state index in [1.165, 1.54) is 4.90 Å². The smallest absolute Gasteiger partial charge is 0.327 e. The zero-order valence-electron chi connectivity index (χ0n) is 13.6. The maximum Gasteiger partial charge on any atom is 0.327 e. The molecule has 1 N–H and O–H groups in total. The SMILES string of the molecule is CC(C)CN1C(=O)N(c2ccccc2)C(C)(O)CC1(C)C. The van der Waals surface area contributed by atoms with Gasteiger partial charge in [-0.2, -0.15) is 0 Å². The van der Waals surface area contributed by atoms with Gasteiger partial charge in [0.1, 0.15) is 5.72 Å². The van der Waals surface area contributed by atoms with Gasteiger partial charge in [-0.25, -0.2) is 4.79 Å². The van der Waals surface area contributed by atoms with Crippen molar-refractivity contribution in [3.63, 3.8) is 0 Å². The maximum absolute atomic E-state index is 13.0. The number of nitrogens with zero attached hydrogens (tertiary/aromatic N) is 2. The second-order valence-corrected chi connectivity index (χ2v) is 7.16. The molecule has 1 saturated heterocycles. The van der Waals surface area contributed by atoms with Crippen LogP contribution < -0.4 is 4.90 Å². The summed E-state index contributed by atoms with van der Waals surface area (Å²) in [5.41, 5.74) is -0.817. The summed E-state index contributed by atoms with van der Waals surface area (Å²) >= 11 is 0. The van der Waals surface area contributed by atoms with Gasteiger partial charge in [-0.1, -0.05) is 32.0 Å². The van der Waals surface area contributed by atoms with E-state index in [1.807, 2.05) is 49.1 Å². The molecule has 0 saturated carbocycles. The first-order valence-electron chi connectivity index (χ1n) is 7.54. The number of urea groups is 1. The number of carbonyl (C=O) groups excluding carboxylic acids is 1. The van der Waals surface area contributed by atoms with E-state index >= 15 is 0 Å². The van der Waals surface area contributed by atoms with Gasteiger partial charge >= 0.3 is 6.03 Å². The van der Waals surface area contributed by atoms with Crippen LogP contribution in [-0.4, -0.2) is 33.8 Å². The molecule has 4 nitrogen and oxygen atoms in total. The Hall–Kier alpha value is -1.55. The van der Waals surface area contributed by atoms with Crippen LogP contribution >= 0.6 is 0 Å². The summed E-state index contributed by atoms with van der Waals surface area (Å²) in [7, 11) is 0. The van der Waals surface area contributed by atoms with Crippen LogP contribution in [0.25, 0.3) is 0 Å². The molecule has 0 radical (unpaired) electrons. The number of anilines is 1. The Balaban J connectivity index is 2.42. The fourth-order valence-corrected chi connectivity index (χ4v) is 3.24. The fraction of sp³-hybridized carbons (Fsp3) is 0.588. The zero-order chi connectivity index (χ0) is 15.8. The van der Waals surface area contributed by atoms with Crippen LogP contribution in [0, 0.1) is 5.92 Å². The molecule has 1 aromatic rings. The predicted octanol–water partition coefficient (Wildman–Crippen LogP) is 3.46. The molecule has 1 aliphatic rings. The average molecular weight is 290 g/mol. The molecular weight excluding hydrogens is 264 g/mol. The number of rotatable bonds is 3. The van der Waals surface area contributed by atoms with Gasteiger partial charge in [0.15, 0.2) is 0 Å². The number of hydrogen-bond acceptors (Lipinski definition) is 2. The van der Waals surface area contributed by atoms with Gasteiger partial charge in [0, 0.05) is 24.2 Å². The van der Waals surface area contributed by atoms with Crippen LogP contribution in [0.4, 0.5) is 10.5 Å². The number of carbonyl (C=O) groups is 1. The normalized spacial score (nSPS) is 25.6. The number of aliphatic hydroxyl groups is 1. The van der Waals surface area contributed by atoms with Gasteiger partial charge in [-0.3, -0.25) is 4.90 Å².